The van der Waals surface area contributed by atoms with Crippen molar-refractivity contribution in [1.29, 1.82) is 0 Å². The Morgan fingerprint density at radius 1 is 1.30 bits per heavy atom. The van der Waals surface area contributed by atoms with E-state index in [2.05, 4.69) is 5.32 Å². The van der Waals surface area contributed by atoms with Crippen LogP contribution in [0, 0.1) is 5.82 Å². The minimum absolute atomic E-state index is 0.236. The van der Waals surface area contributed by atoms with Crippen molar-refractivity contribution in [2.24, 2.45) is 0 Å². The molecule has 0 unspecified atom stereocenters. The molecular weight excluding hydrogens is 299 g/mol. The van der Waals surface area contributed by atoms with Gasteiger partial charge in [0.15, 0.2) is 0 Å². The van der Waals surface area contributed by atoms with Crippen LogP contribution in [0.25, 0.3) is 0 Å². The van der Waals surface area contributed by atoms with E-state index in [4.69, 9.17) is 9.15 Å². The number of hydrogen-bond acceptors (Lipinski definition) is 3. The van der Waals surface area contributed by atoms with Crippen LogP contribution in [0.4, 0.5) is 9.18 Å². The Morgan fingerprint density at radius 3 is 2.65 bits per heavy atom. The maximum absolute atomic E-state index is 14.1. The van der Waals surface area contributed by atoms with Crippen LogP contribution in [0.3, 0.4) is 0 Å². The van der Waals surface area contributed by atoms with Crippen molar-refractivity contribution in [1.82, 2.24) is 10.2 Å². The van der Waals surface area contributed by atoms with E-state index in [-0.39, 0.29) is 12.1 Å². The molecule has 23 heavy (non-hydrogen) atoms. The largest absolute Gasteiger partial charge is 0.496 e. The number of nitrogens with one attached hydrogen (secondary N) is 1. The van der Waals surface area contributed by atoms with Gasteiger partial charge < -0.3 is 19.4 Å². The molecular formula is C17H21FN2O3. The van der Waals surface area contributed by atoms with Gasteiger partial charge in [-0.15, -0.1) is 0 Å². The molecule has 5 nitrogen and oxygen atoms in total. The van der Waals surface area contributed by atoms with E-state index in [1.165, 1.54) is 18.1 Å². The van der Waals surface area contributed by atoms with E-state index < -0.39 is 11.9 Å². The van der Waals surface area contributed by atoms with Gasteiger partial charge in [0.05, 0.1) is 31.0 Å². The van der Waals surface area contributed by atoms with Crippen molar-refractivity contribution in [3.63, 3.8) is 0 Å². The van der Waals surface area contributed by atoms with E-state index in [1.807, 2.05) is 6.92 Å². The molecule has 0 spiro atoms. The normalized spacial score (nSPS) is 13.3. The number of halogens is 1. The van der Waals surface area contributed by atoms with Crippen molar-refractivity contribution in [3.8, 4) is 5.75 Å². The summed E-state index contributed by atoms with van der Waals surface area (Å²) in [5.41, 5.74) is 0.322. The molecule has 124 valence electrons. The summed E-state index contributed by atoms with van der Waals surface area (Å²) >= 11 is 0. The summed E-state index contributed by atoms with van der Waals surface area (Å²) in [4.78, 5) is 13.9. The van der Waals surface area contributed by atoms with Crippen LogP contribution in [-0.4, -0.2) is 25.1 Å². The molecule has 6 heteroatoms. The van der Waals surface area contributed by atoms with E-state index in [9.17, 15) is 9.18 Å². The SMILES string of the molecule is COc1cccc(F)c1[C@H](C)NC(=O)N(C)[C@H](C)c1ccco1. The number of carbonyl (C=O) groups excluding carboxylic acids is 1. The summed E-state index contributed by atoms with van der Waals surface area (Å²) < 4.78 is 24.5. The molecule has 0 fully saturated rings. The lowest BCUT2D eigenvalue weighted by atomic mass is 10.1. The standard InChI is InChI=1S/C17H21FN2O3/c1-11(16-13(18)7-5-8-15(16)22-4)19-17(21)20(3)12(2)14-9-6-10-23-14/h5-12H,1-4H3,(H,19,21)/t11-,12+/m0/s1. The lowest BCUT2D eigenvalue weighted by Crippen LogP contribution is -2.40. The van der Waals surface area contributed by atoms with Crippen LogP contribution >= 0.6 is 0 Å². The van der Waals surface area contributed by atoms with Crippen molar-refractivity contribution in [3.05, 3.63) is 53.7 Å². The first-order valence-corrected chi connectivity index (χ1v) is 7.34. The first-order chi connectivity index (χ1) is 11.0. The molecule has 0 aliphatic heterocycles. The van der Waals surface area contributed by atoms with Gasteiger partial charge in [-0.3, -0.25) is 0 Å². The van der Waals surface area contributed by atoms with Crippen molar-refractivity contribution in [2.75, 3.05) is 14.2 Å². The van der Waals surface area contributed by atoms with Gasteiger partial charge in [-0.1, -0.05) is 6.07 Å². The van der Waals surface area contributed by atoms with Crippen molar-refractivity contribution < 1.29 is 18.3 Å². The van der Waals surface area contributed by atoms with Gasteiger partial charge in [-0.2, -0.15) is 0 Å². The Bertz CT molecular complexity index is 658. The molecule has 0 bridgehead atoms. The van der Waals surface area contributed by atoms with Crippen LogP contribution in [0.2, 0.25) is 0 Å². The Balaban J connectivity index is 2.11. The molecule has 1 aromatic heterocycles. The van der Waals surface area contributed by atoms with Gasteiger partial charge in [-0.25, -0.2) is 9.18 Å². The topological polar surface area (TPSA) is 54.7 Å². The number of hydrogen-bond donors (Lipinski definition) is 1. The Hall–Kier alpha value is -2.50. The lowest BCUT2D eigenvalue weighted by molar-refractivity contribution is 0.184. The lowest BCUT2D eigenvalue weighted by Gasteiger charge is -2.26. The molecule has 1 aromatic carbocycles. The third kappa shape index (κ3) is 3.64. The first-order valence-electron chi connectivity index (χ1n) is 7.34. The Kier molecular flexibility index (Phi) is 5.26. The maximum Gasteiger partial charge on any atom is 0.318 e. The average Bonchev–Trinajstić information content (AvgIpc) is 3.07. The number of carbonyl (C=O) groups is 1. The highest BCUT2D eigenvalue weighted by Gasteiger charge is 2.23. The van der Waals surface area contributed by atoms with E-state index in [1.54, 1.807) is 44.5 Å². The van der Waals surface area contributed by atoms with Gasteiger partial charge >= 0.3 is 6.03 Å². The number of benzene rings is 1. The Labute approximate surface area is 135 Å². The molecule has 2 amide bonds. The minimum Gasteiger partial charge on any atom is -0.496 e. The summed E-state index contributed by atoms with van der Waals surface area (Å²) in [6, 6.07) is 7.04. The molecule has 1 heterocycles. The van der Waals surface area contributed by atoms with Crippen LogP contribution in [-0.2, 0) is 0 Å². The number of amides is 2. The summed E-state index contributed by atoms with van der Waals surface area (Å²) in [6.07, 6.45) is 1.56. The van der Waals surface area contributed by atoms with Crippen LogP contribution in [0.5, 0.6) is 5.75 Å². The predicted octanol–water partition coefficient (Wildman–Crippen LogP) is 3.89. The fourth-order valence-corrected chi connectivity index (χ4v) is 2.37. The summed E-state index contributed by atoms with van der Waals surface area (Å²) in [6.45, 7) is 3.57. The van der Waals surface area contributed by atoms with Gasteiger partial charge in [-0.05, 0) is 38.1 Å². The zero-order valence-electron chi connectivity index (χ0n) is 13.7. The fourth-order valence-electron chi connectivity index (χ4n) is 2.37. The fraction of sp³-hybridized carbons (Fsp3) is 0.353. The zero-order chi connectivity index (χ0) is 17.0. The molecule has 0 aliphatic rings. The quantitative estimate of drug-likeness (QED) is 0.909. The number of methoxy groups -OCH3 is 1. The number of rotatable bonds is 5. The average molecular weight is 320 g/mol. The van der Waals surface area contributed by atoms with E-state index >= 15 is 0 Å². The number of nitrogens with zero attached hydrogens (tertiary/aromatic N) is 1. The summed E-state index contributed by atoms with van der Waals surface area (Å²) in [5, 5.41) is 2.78. The third-order valence-corrected chi connectivity index (χ3v) is 3.86. The zero-order valence-corrected chi connectivity index (χ0v) is 13.7. The van der Waals surface area contributed by atoms with E-state index in [0.29, 0.717) is 17.1 Å². The summed E-state index contributed by atoms with van der Waals surface area (Å²) in [7, 11) is 3.13. The molecule has 0 radical (unpaired) electrons. The highest BCUT2D eigenvalue weighted by Crippen LogP contribution is 2.28. The smallest absolute Gasteiger partial charge is 0.318 e. The molecule has 1 N–H and O–H groups in total. The van der Waals surface area contributed by atoms with Gasteiger partial charge in [0, 0.05) is 7.05 Å². The second-order valence-corrected chi connectivity index (χ2v) is 5.33. The summed E-state index contributed by atoms with van der Waals surface area (Å²) in [5.74, 6) is 0.664. The monoisotopic (exact) mass is 320 g/mol. The molecule has 2 rings (SSSR count). The molecule has 2 aromatic rings. The second-order valence-electron chi connectivity index (χ2n) is 5.33. The van der Waals surface area contributed by atoms with Crippen molar-refractivity contribution in [2.45, 2.75) is 25.9 Å². The number of urea groups is 1. The molecule has 2 atom stereocenters. The van der Waals surface area contributed by atoms with Crippen molar-refractivity contribution >= 4 is 6.03 Å². The van der Waals surface area contributed by atoms with Crippen LogP contribution in [0.15, 0.2) is 41.0 Å². The predicted molar refractivity (Wildman–Crippen MR) is 84.8 cm³/mol. The number of ether oxygens (including phenoxy) is 1. The molecule has 0 saturated carbocycles. The molecule has 0 saturated heterocycles. The highest BCUT2D eigenvalue weighted by atomic mass is 19.1. The number of furan rings is 1. The van der Waals surface area contributed by atoms with Gasteiger partial charge in [0.2, 0.25) is 0 Å². The van der Waals surface area contributed by atoms with Gasteiger partial charge in [0.1, 0.15) is 17.3 Å². The minimum atomic E-state index is -0.537. The van der Waals surface area contributed by atoms with Crippen LogP contribution in [0.1, 0.15) is 37.3 Å². The maximum atomic E-state index is 14.1. The van der Waals surface area contributed by atoms with E-state index in [0.717, 1.165) is 0 Å². The molecule has 0 aliphatic carbocycles. The third-order valence-electron chi connectivity index (χ3n) is 3.86. The second kappa shape index (κ2) is 7.17. The highest BCUT2D eigenvalue weighted by molar-refractivity contribution is 5.75. The Morgan fingerprint density at radius 2 is 2.04 bits per heavy atom. The first kappa shape index (κ1) is 16.9. The van der Waals surface area contributed by atoms with Gasteiger partial charge in [0.25, 0.3) is 0 Å². The van der Waals surface area contributed by atoms with Crippen LogP contribution < -0.4 is 10.1 Å².